The molecule has 1 aromatic rings. The van der Waals surface area contributed by atoms with E-state index in [1.54, 1.807) is 32.2 Å². The van der Waals surface area contributed by atoms with Gasteiger partial charge < -0.3 is 9.47 Å². The fourth-order valence-electron chi connectivity index (χ4n) is 1.51. The van der Waals surface area contributed by atoms with Crippen molar-refractivity contribution in [1.29, 1.82) is 0 Å². The summed E-state index contributed by atoms with van der Waals surface area (Å²) in [6.07, 6.45) is 0.729. The number of aryl methyl sites for hydroxylation is 1. The van der Waals surface area contributed by atoms with Crippen LogP contribution >= 0.6 is 0 Å². The molecule has 0 aliphatic rings. The van der Waals surface area contributed by atoms with Crippen molar-refractivity contribution < 1.29 is 19.1 Å². The van der Waals surface area contributed by atoms with Crippen LogP contribution in [-0.2, 0) is 16.0 Å². The zero-order valence-electron chi connectivity index (χ0n) is 10.3. The average Bonchev–Trinajstić information content (AvgIpc) is 2.37. The highest BCUT2D eigenvalue weighted by atomic mass is 16.5. The Morgan fingerprint density at radius 3 is 2.47 bits per heavy atom. The summed E-state index contributed by atoms with van der Waals surface area (Å²) in [5, 5.41) is 0. The number of rotatable bonds is 5. The minimum absolute atomic E-state index is 0.196. The highest BCUT2D eigenvalue weighted by molar-refractivity contribution is 6.40. The van der Waals surface area contributed by atoms with Gasteiger partial charge in [0, 0.05) is 5.56 Å². The van der Waals surface area contributed by atoms with E-state index in [1.165, 1.54) is 0 Å². The molecule has 0 atom stereocenters. The first-order valence-electron chi connectivity index (χ1n) is 5.52. The molecule has 17 heavy (non-hydrogen) atoms. The lowest BCUT2D eigenvalue weighted by atomic mass is 10.0. The Bertz CT molecular complexity index is 423. The van der Waals surface area contributed by atoms with Gasteiger partial charge in [0.1, 0.15) is 5.75 Å². The van der Waals surface area contributed by atoms with E-state index in [2.05, 4.69) is 4.74 Å². The van der Waals surface area contributed by atoms with Gasteiger partial charge in [0.25, 0.3) is 5.78 Å². The predicted octanol–water partition coefficient (Wildman–Crippen LogP) is 2.00. The Hall–Kier alpha value is -1.84. The van der Waals surface area contributed by atoms with Crippen molar-refractivity contribution in [2.45, 2.75) is 20.3 Å². The first kappa shape index (κ1) is 13.2. The van der Waals surface area contributed by atoms with Gasteiger partial charge in [-0.15, -0.1) is 0 Å². The number of carbonyl (C=O) groups is 2. The third-order valence-electron chi connectivity index (χ3n) is 2.38. The summed E-state index contributed by atoms with van der Waals surface area (Å²) in [5.41, 5.74) is 1.23. The van der Waals surface area contributed by atoms with Gasteiger partial charge in [-0.1, -0.05) is 6.92 Å². The molecule has 0 bridgehead atoms. The van der Waals surface area contributed by atoms with Gasteiger partial charge in [-0.2, -0.15) is 0 Å². The van der Waals surface area contributed by atoms with Gasteiger partial charge in [0.15, 0.2) is 0 Å². The number of ketones is 1. The maximum atomic E-state index is 11.7. The van der Waals surface area contributed by atoms with Crippen molar-refractivity contribution in [3.63, 3.8) is 0 Å². The summed E-state index contributed by atoms with van der Waals surface area (Å²) in [4.78, 5) is 23.0. The van der Waals surface area contributed by atoms with E-state index >= 15 is 0 Å². The standard InChI is InChI=1S/C13H16O4/c1-4-9-8-10(6-7-11(9)16-3)12(14)13(15)17-5-2/h6-8H,4-5H2,1-3H3. The largest absolute Gasteiger partial charge is 0.496 e. The molecule has 0 radical (unpaired) electrons. The monoisotopic (exact) mass is 236 g/mol. The van der Waals surface area contributed by atoms with Gasteiger partial charge in [-0.3, -0.25) is 4.79 Å². The molecule has 0 aliphatic heterocycles. The summed E-state index contributed by atoms with van der Waals surface area (Å²) >= 11 is 0. The molecule has 0 saturated heterocycles. The van der Waals surface area contributed by atoms with E-state index in [0.717, 1.165) is 12.0 Å². The Morgan fingerprint density at radius 2 is 1.94 bits per heavy atom. The molecule has 0 aromatic heterocycles. The van der Waals surface area contributed by atoms with Crippen LogP contribution in [0.5, 0.6) is 5.75 Å². The number of Topliss-reactive ketones (excluding diaryl/α,β-unsaturated/α-hetero) is 1. The molecule has 92 valence electrons. The maximum absolute atomic E-state index is 11.7. The lowest BCUT2D eigenvalue weighted by Crippen LogP contribution is -2.17. The summed E-state index contributed by atoms with van der Waals surface area (Å²) in [6, 6.07) is 4.92. The van der Waals surface area contributed by atoms with Crippen molar-refractivity contribution in [3.05, 3.63) is 29.3 Å². The van der Waals surface area contributed by atoms with E-state index in [-0.39, 0.29) is 6.61 Å². The Kier molecular flexibility index (Phi) is 4.69. The number of hydrogen-bond donors (Lipinski definition) is 0. The second-order valence-corrected chi connectivity index (χ2v) is 3.43. The van der Waals surface area contributed by atoms with Gasteiger partial charge in [0.2, 0.25) is 0 Å². The quantitative estimate of drug-likeness (QED) is 0.446. The fraction of sp³-hybridized carbons (Fsp3) is 0.385. The molecule has 4 heteroatoms. The van der Waals surface area contributed by atoms with Crippen LogP contribution in [0.15, 0.2) is 18.2 Å². The van der Waals surface area contributed by atoms with Crippen LogP contribution in [0.25, 0.3) is 0 Å². The molecule has 0 unspecified atom stereocenters. The highest BCUT2D eigenvalue weighted by Gasteiger charge is 2.18. The van der Waals surface area contributed by atoms with Crippen LogP contribution in [0.2, 0.25) is 0 Å². The Morgan fingerprint density at radius 1 is 1.24 bits per heavy atom. The van der Waals surface area contributed by atoms with Crippen LogP contribution in [0.4, 0.5) is 0 Å². The van der Waals surface area contributed by atoms with Gasteiger partial charge in [-0.05, 0) is 37.1 Å². The topological polar surface area (TPSA) is 52.6 Å². The molecular formula is C13H16O4. The van der Waals surface area contributed by atoms with E-state index in [0.29, 0.717) is 11.3 Å². The molecule has 0 aliphatic carbocycles. The van der Waals surface area contributed by atoms with Crippen LogP contribution in [-0.4, -0.2) is 25.5 Å². The van der Waals surface area contributed by atoms with Crippen LogP contribution in [0, 0.1) is 0 Å². The Labute approximate surface area is 101 Å². The molecule has 0 N–H and O–H groups in total. The minimum Gasteiger partial charge on any atom is -0.496 e. The van der Waals surface area contributed by atoms with Crippen LogP contribution in [0.3, 0.4) is 0 Å². The van der Waals surface area contributed by atoms with Crippen molar-refractivity contribution in [1.82, 2.24) is 0 Å². The van der Waals surface area contributed by atoms with Crippen molar-refractivity contribution in [3.8, 4) is 5.75 Å². The second-order valence-electron chi connectivity index (χ2n) is 3.43. The first-order valence-corrected chi connectivity index (χ1v) is 5.52. The fourth-order valence-corrected chi connectivity index (χ4v) is 1.51. The molecule has 0 amide bonds. The normalized spacial score (nSPS) is 9.82. The summed E-state index contributed by atoms with van der Waals surface area (Å²) in [7, 11) is 1.57. The maximum Gasteiger partial charge on any atom is 0.379 e. The lowest BCUT2D eigenvalue weighted by molar-refractivity contribution is -0.137. The molecule has 4 nitrogen and oxygen atoms in total. The Balaban J connectivity index is 2.99. The predicted molar refractivity (Wildman–Crippen MR) is 63.3 cm³/mol. The number of hydrogen-bond acceptors (Lipinski definition) is 4. The highest BCUT2D eigenvalue weighted by Crippen LogP contribution is 2.20. The third-order valence-corrected chi connectivity index (χ3v) is 2.38. The number of carbonyl (C=O) groups excluding carboxylic acids is 2. The smallest absolute Gasteiger partial charge is 0.379 e. The second kappa shape index (κ2) is 6.03. The number of methoxy groups -OCH3 is 1. The molecule has 1 rings (SSSR count). The molecule has 0 heterocycles. The molecule has 1 aromatic carbocycles. The zero-order valence-corrected chi connectivity index (χ0v) is 10.3. The van der Waals surface area contributed by atoms with Crippen LogP contribution < -0.4 is 4.74 Å². The minimum atomic E-state index is -0.820. The van der Waals surface area contributed by atoms with Crippen molar-refractivity contribution >= 4 is 11.8 Å². The zero-order chi connectivity index (χ0) is 12.8. The van der Waals surface area contributed by atoms with Crippen molar-refractivity contribution in [2.24, 2.45) is 0 Å². The molecule has 0 fully saturated rings. The average molecular weight is 236 g/mol. The van der Waals surface area contributed by atoms with Crippen molar-refractivity contribution in [2.75, 3.05) is 13.7 Å². The summed E-state index contributed by atoms with van der Waals surface area (Å²) in [5.74, 6) is -0.725. The molecular weight excluding hydrogens is 220 g/mol. The third kappa shape index (κ3) is 3.06. The molecule has 0 spiro atoms. The number of ether oxygens (including phenoxy) is 2. The lowest BCUT2D eigenvalue weighted by Gasteiger charge is -2.08. The van der Waals surface area contributed by atoms with Gasteiger partial charge in [0.05, 0.1) is 13.7 Å². The van der Waals surface area contributed by atoms with E-state index in [1.807, 2.05) is 6.92 Å². The van der Waals surface area contributed by atoms with E-state index in [9.17, 15) is 9.59 Å². The summed E-state index contributed by atoms with van der Waals surface area (Å²) < 4.78 is 9.82. The SMILES string of the molecule is CCOC(=O)C(=O)c1ccc(OC)c(CC)c1. The first-order chi connectivity index (χ1) is 8.13. The van der Waals surface area contributed by atoms with Crippen LogP contribution in [0.1, 0.15) is 29.8 Å². The van der Waals surface area contributed by atoms with E-state index < -0.39 is 11.8 Å². The van der Waals surface area contributed by atoms with Gasteiger partial charge in [-0.25, -0.2) is 4.79 Å². The van der Waals surface area contributed by atoms with E-state index in [4.69, 9.17) is 4.74 Å². The summed E-state index contributed by atoms with van der Waals surface area (Å²) in [6.45, 7) is 3.81. The number of esters is 1. The number of benzene rings is 1. The molecule has 0 saturated carbocycles. The van der Waals surface area contributed by atoms with Gasteiger partial charge >= 0.3 is 5.97 Å².